The van der Waals surface area contributed by atoms with Gasteiger partial charge in [0.2, 0.25) is 15.9 Å². The van der Waals surface area contributed by atoms with E-state index in [9.17, 15) is 23.1 Å². The summed E-state index contributed by atoms with van der Waals surface area (Å²) in [5.74, 6) is -0.519. The molecule has 2 fully saturated rings. The lowest BCUT2D eigenvalue weighted by Gasteiger charge is -2.25. The second kappa shape index (κ2) is 9.27. The molecular formula is C23H28N3O5S. The molecule has 1 aromatic rings. The molecule has 1 aromatic carbocycles. The number of benzene rings is 1. The second-order valence-electron chi connectivity index (χ2n) is 8.49. The Balaban J connectivity index is 1.48. The quantitative estimate of drug-likeness (QED) is 0.585. The van der Waals surface area contributed by atoms with Crippen LogP contribution in [0.2, 0.25) is 0 Å². The normalized spacial score (nSPS) is 26.5. The molecule has 2 heterocycles. The number of amides is 1. The fourth-order valence-electron chi connectivity index (χ4n) is 4.33. The van der Waals surface area contributed by atoms with Gasteiger partial charge in [-0.25, -0.2) is 8.42 Å². The summed E-state index contributed by atoms with van der Waals surface area (Å²) < 4.78 is 27.7. The minimum atomic E-state index is -3.78. The fourth-order valence-corrected chi connectivity index (χ4v) is 5.99. The van der Waals surface area contributed by atoms with Gasteiger partial charge in [0.1, 0.15) is 0 Å². The summed E-state index contributed by atoms with van der Waals surface area (Å²) in [5, 5.41) is 15.4. The van der Waals surface area contributed by atoms with Gasteiger partial charge in [-0.05, 0) is 57.2 Å². The van der Waals surface area contributed by atoms with Crippen molar-refractivity contribution in [3.05, 3.63) is 59.7 Å². The van der Waals surface area contributed by atoms with Gasteiger partial charge in [0.25, 0.3) is 0 Å². The van der Waals surface area contributed by atoms with Gasteiger partial charge in [-0.1, -0.05) is 23.8 Å². The van der Waals surface area contributed by atoms with E-state index in [0.717, 1.165) is 5.56 Å². The average molecular weight is 459 g/mol. The number of rotatable bonds is 6. The minimum Gasteiger partial charge on any atom is -0.392 e. The van der Waals surface area contributed by atoms with Crippen LogP contribution < -0.4 is 10.6 Å². The molecule has 4 rings (SSSR count). The largest absolute Gasteiger partial charge is 0.392 e. The number of hydrogen-bond donors (Lipinski definition) is 3. The van der Waals surface area contributed by atoms with Crippen LogP contribution in [0.3, 0.4) is 0 Å². The summed E-state index contributed by atoms with van der Waals surface area (Å²) in [6, 6.07) is 5.39. The van der Waals surface area contributed by atoms with Crippen LogP contribution in [0.5, 0.6) is 0 Å². The van der Waals surface area contributed by atoms with E-state index < -0.39 is 28.2 Å². The number of nitrogens with one attached hydrogen (secondary N) is 2. The fraction of sp³-hybridized carbons (Fsp3) is 0.435. The molecule has 171 valence electrons. The Morgan fingerprint density at radius 1 is 1.22 bits per heavy atom. The predicted molar refractivity (Wildman–Crippen MR) is 119 cm³/mol. The van der Waals surface area contributed by atoms with Crippen molar-refractivity contribution in [3.8, 4) is 0 Å². The van der Waals surface area contributed by atoms with E-state index in [-0.39, 0.29) is 16.6 Å². The Bertz CT molecular complexity index is 1060. The predicted octanol–water partition coefficient (Wildman–Crippen LogP) is 0.975. The van der Waals surface area contributed by atoms with E-state index in [1.54, 1.807) is 42.8 Å². The van der Waals surface area contributed by atoms with Crippen LogP contribution in [0.4, 0.5) is 0 Å². The molecule has 0 spiro atoms. The molecule has 3 N–H and O–H groups in total. The summed E-state index contributed by atoms with van der Waals surface area (Å²) in [6.07, 6.45) is 6.49. The number of ketones is 1. The van der Waals surface area contributed by atoms with E-state index in [4.69, 9.17) is 0 Å². The van der Waals surface area contributed by atoms with E-state index in [1.807, 2.05) is 6.92 Å². The Kier molecular flexibility index (Phi) is 6.62. The Labute approximate surface area is 188 Å². The molecular weight excluding hydrogens is 430 g/mol. The van der Waals surface area contributed by atoms with Crippen molar-refractivity contribution >= 4 is 21.7 Å². The number of aliphatic hydroxyl groups excluding tert-OH is 1. The molecule has 2 aliphatic heterocycles. The summed E-state index contributed by atoms with van der Waals surface area (Å²) in [6.45, 7) is 2.56. The number of sulfonamides is 1. The van der Waals surface area contributed by atoms with Crippen LogP contribution in [0.15, 0.2) is 52.6 Å². The molecule has 1 radical (unpaired) electrons. The van der Waals surface area contributed by atoms with Crippen molar-refractivity contribution < 1.29 is 23.1 Å². The van der Waals surface area contributed by atoms with Crippen molar-refractivity contribution in [2.24, 2.45) is 0 Å². The van der Waals surface area contributed by atoms with Gasteiger partial charge in [0.15, 0.2) is 5.78 Å². The Hall–Kier alpha value is -2.33. The third kappa shape index (κ3) is 4.71. The highest BCUT2D eigenvalue weighted by molar-refractivity contribution is 7.89. The maximum absolute atomic E-state index is 13.3. The van der Waals surface area contributed by atoms with Crippen LogP contribution >= 0.6 is 0 Å². The molecule has 1 aliphatic carbocycles. The highest BCUT2D eigenvalue weighted by Gasteiger charge is 2.40. The zero-order valence-corrected chi connectivity index (χ0v) is 18.8. The van der Waals surface area contributed by atoms with Crippen LogP contribution in [-0.4, -0.2) is 60.8 Å². The van der Waals surface area contributed by atoms with Gasteiger partial charge in [0, 0.05) is 24.4 Å². The van der Waals surface area contributed by atoms with Gasteiger partial charge >= 0.3 is 0 Å². The van der Waals surface area contributed by atoms with Crippen molar-refractivity contribution in [1.29, 1.82) is 0 Å². The van der Waals surface area contributed by atoms with E-state index in [0.29, 0.717) is 50.0 Å². The second-order valence-corrected chi connectivity index (χ2v) is 10.4. The molecule has 2 saturated heterocycles. The van der Waals surface area contributed by atoms with Gasteiger partial charge in [0.05, 0.1) is 23.1 Å². The smallest absolute Gasteiger partial charge is 0.243 e. The standard InChI is InChI=1S/C23H28N3O5S/c1-15-7-9-19(10-8-15)32(30,31)26-11-3-6-21(26)22(28)16-4-2-5-17(12-16)25-23(29)20-13-18(27)14-24-20/h4-5,7-10,12,18,20-21,24,27H,2-3,6,11,13-14H2,1H3,(H,25,29)/t18?,20-,21-/m0/s1. The molecule has 1 unspecified atom stereocenters. The van der Waals surface area contributed by atoms with Gasteiger partial charge in [-0.15, -0.1) is 0 Å². The SMILES string of the molecule is Cc1ccc(S(=O)(=O)N2CCC[C@H]2C(=O)C2=CC(NC(=O)[C@@H]3CC(O)CN3)=CC[CH]2)cc1. The first kappa shape index (κ1) is 22.8. The van der Waals surface area contributed by atoms with Crippen molar-refractivity contribution in [3.63, 3.8) is 0 Å². The number of carbonyl (C=O) groups is 2. The average Bonchev–Trinajstić information content (AvgIpc) is 3.43. The number of hydrogen-bond acceptors (Lipinski definition) is 6. The molecule has 1 amide bonds. The Morgan fingerprint density at radius 2 is 1.97 bits per heavy atom. The third-order valence-electron chi connectivity index (χ3n) is 6.10. The number of carbonyl (C=O) groups excluding carboxylic acids is 2. The maximum atomic E-state index is 13.3. The van der Waals surface area contributed by atoms with Crippen LogP contribution in [0.1, 0.15) is 31.2 Å². The van der Waals surface area contributed by atoms with E-state index >= 15 is 0 Å². The highest BCUT2D eigenvalue weighted by atomic mass is 32.2. The zero-order valence-electron chi connectivity index (χ0n) is 18.0. The molecule has 9 heteroatoms. The van der Waals surface area contributed by atoms with Crippen LogP contribution in [0.25, 0.3) is 0 Å². The topological polar surface area (TPSA) is 116 Å². The van der Waals surface area contributed by atoms with E-state index in [1.165, 1.54) is 4.31 Å². The first-order chi connectivity index (χ1) is 15.3. The number of nitrogens with zero attached hydrogens (tertiary/aromatic N) is 1. The van der Waals surface area contributed by atoms with Crippen molar-refractivity contribution in [1.82, 2.24) is 14.9 Å². The zero-order chi connectivity index (χ0) is 22.9. The molecule has 3 aliphatic rings. The van der Waals surface area contributed by atoms with Crippen molar-refractivity contribution in [2.45, 2.75) is 55.7 Å². The summed E-state index contributed by atoms with van der Waals surface area (Å²) >= 11 is 0. The van der Waals surface area contributed by atoms with Gasteiger partial charge < -0.3 is 15.7 Å². The molecule has 3 atom stereocenters. The number of allylic oxidation sites excluding steroid dienone is 2. The highest BCUT2D eigenvalue weighted by Crippen LogP contribution is 2.30. The van der Waals surface area contributed by atoms with E-state index in [2.05, 4.69) is 10.6 Å². The molecule has 0 bridgehead atoms. The summed E-state index contributed by atoms with van der Waals surface area (Å²) in [5.41, 5.74) is 1.87. The first-order valence-corrected chi connectivity index (χ1v) is 12.3. The lowest BCUT2D eigenvalue weighted by Crippen LogP contribution is -2.42. The molecule has 0 saturated carbocycles. The van der Waals surface area contributed by atoms with Gasteiger partial charge in [-0.2, -0.15) is 4.31 Å². The maximum Gasteiger partial charge on any atom is 0.243 e. The summed E-state index contributed by atoms with van der Waals surface area (Å²) in [4.78, 5) is 25.9. The molecule has 0 aromatic heterocycles. The molecule has 32 heavy (non-hydrogen) atoms. The van der Waals surface area contributed by atoms with Crippen LogP contribution in [0, 0.1) is 13.3 Å². The molecule has 8 nitrogen and oxygen atoms in total. The van der Waals surface area contributed by atoms with Gasteiger partial charge in [-0.3, -0.25) is 9.59 Å². The Morgan fingerprint density at radius 3 is 2.66 bits per heavy atom. The number of aliphatic hydroxyl groups is 1. The summed E-state index contributed by atoms with van der Waals surface area (Å²) in [7, 11) is -3.78. The number of Topliss-reactive ketones (excluding diaryl/α,β-unsaturated/α-hetero) is 1. The van der Waals surface area contributed by atoms with Crippen molar-refractivity contribution in [2.75, 3.05) is 13.1 Å². The first-order valence-electron chi connectivity index (χ1n) is 10.9. The number of β-amino-alcohol motifs (C(OH)–C–C–N with tert-alkyl or cyclic N) is 1. The lowest BCUT2D eigenvalue weighted by atomic mass is 9.94. The lowest BCUT2D eigenvalue weighted by molar-refractivity contribution is -0.122. The number of aryl methyl sites for hydroxylation is 1. The monoisotopic (exact) mass is 458 g/mol. The third-order valence-corrected chi connectivity index (χ3v) is 8.02. The van der Waals surface area contributed by atoms with Crippen LogP contribution in [-0.2, 0) is 19.6 Å². The minimum absolute atomic E-state index is 0.184.